The average Bonchev–Trinajstić information content (AvgIpc) is 3.30. The van der Waals surface area contributed by atoms with Crippen LogP contribution >= 0.6 is 0 Å². The Balaban J connectivity index is 1.44. The number of rotatable bonds is 5. The quantitative estimate of drug-likeness (QED) is 0.373. The Labute approximate surface area is 179 Å². The monoisotopic (exact) mass is 425 g/mol. The molecule has 0 amide bonds. The van der Waals surface area contributed by atoms with Gasteiger partial charge in [0.1, 0.15) is 0 Å². The number of nitrogens with zero attached hydrogens (tertiary/aromatic N) is 3. The zero-order valence-electron chi connectivity index (χ0n) is 16.9. The van der Waals surface area contributed by atoms with Crippen LogP contribution in [0, 0.1) is 11.8 Å². The molecule has 160 valence electrons. The van der Waals surface area contributed by atoms with E-state index in [0.29, 0.717) is 18.1 Å². The lowest BCUT2D eigenvalue weighted by atomic mass is 10.1. The molecule has 0 saturated carbocycles. The van der Waals surface area contributed by atoms with E-state index in [4.69, 9.17) is 0 Å². The largest absolute Gasteiger partial charge is 0.416 e. The average molecular weight is 425 g/mol. The van der Waals surface area contributed by atoms with E-state index < -0.39 is 11.7 Å². The molecule has 31 heavy (non-hydrogen) atoms. The predicted octanol–water partition coefficient (Wildman–Crippen LogP) is 3.65. The summed E-state index contributed by atoms with van der Waals surface area (Å²) in [6, 6.07) is 15.0. The first kappa shape index (κ1) is 22.0. The topological polar surface area (TPSA) is 54.2 Å². The molecule has 0 radical (unpaired) electrons. The van der Waals surface area contributed by atoms with Gasteiger partial charge in [0.2, 0.25) is 0 Å². The van der Waals surface area contributed by atoms with E-state index in [2.05, 4.69) is 44.7 Å². The van der Waals surface area contributed by atoms with Gasteiger partial charge in [0, 0.05) is 31.5 Å². The van der Waals surface area contributed by atoms with Crippen LogP contribution in [-0.4, -0.2) is 35.9 Å². The van der Waals surface area contributed by atoms with Crippen molar-refractivity contribution in [3.05, 3.63) is 83.7 Å². The molecule has 0 aliphatic rings. The van der Waals surface area contributed by atoms with Crippen LogP contribution in [0.3, 0.4) is 0 Å². The number of alkyl halides is 3. The van der Waals surface area contributed by atoms with Gasteiger partial charge in [-0.2, -0.15) is 18.3 Å². The van der Waals surface area contributed by atoms with E-state index in [0.717, 1.165) is 24.2 Å². The number of benzene rings is 2. The molecule has 0 aliphatic carbocycles. The summed E-state index contributed by atoms with van der Waals surface area (Å²) in [4.78, 5) is 4.12. The predicted molar refractivity (Wildman–Crippen MR) is 115 cm³/mol. The van der Waals surface area contributed by atoms with Crippen LogP contribution in [0.15, 0.2) is 72.0 Å². The second-order valence-electron chi connectivity index (χ2n) is 6.60. The molecule has 0 aliphatic heterocycles. The molecule has 0 bridgehead atoms. The second kappa shape index (κ2) is 10.3. The summed E-state index contributed by atoms with van der Waals surface area (Å²) < 4.78 is 40.0. The fraction of sp³-hybridized carbons (Fsp3) is 0.217. The van der Waals surface area contributed by atoms with Crippen molar-refractivity contribution < 1.29 is 13.2 Å². The summed E-state index contributed by atoms with van der Waals surface area (Å²) in [5.74, 6) is 6.12. The minimum Gasteiger partial charge on any atom is -0.356 e. The highest BCUT2D eigenvalue weighted by molar-refractivity contribution is 5.79. The van der Waals surface area contributed by atoms with Gasteiger partial charge in [-0.1, -0.05) is 30.0 Å². The molecule has 1 aromatic heterocycles. The highest BCUT2D eigenvalue weighted by Crippen LogP contribution is 2.29. The van der Waals surface area contributed by atoms with Crippen molar-refractivity contribution in [2.45, 2.75) is 12.6 Å². The van der Waals surface area contributed by atoms with E-state index in [1.54, 1.807) is 24.0 Å². The zero-order valence-corrected chi connectivity index (χ0v) is 16.9. The van der Waals surface area contributed by atoms with Crippen molar-refractivity contribution >= 4 is 5.96 Å². The molecule has 0 fully saturated rings. The third-order valence-corrected chi connectivity index (χ3v) is 4.40. The first-order valence-corrected chi connectivity index (χ1v) is 9.65. The van der Waals surface area contributed by atoms with Gasteiger partial charge in [0.05, 0.1) is 17.8 Å². The smallest absolute Gasteiger partial charge is 0.356 e. The lowest BCUT2D eigenvalue weighted by Crippen LogP contribution is -2.38. The Morgan fingerprint density at radius 3 is 2.58 bits per heavy atom. The Morgan fingerprint density at radius 2 is 1.90 bits per heavy atom. The molecule has 0 spiro atoms. The van der Waals surface area contributed by atoms with E-state index in [1.807, 2.05) is 24.4 Å². The molecule has 1 heterocycles. The molecule has 3 aromatic rings. The van der Waals surface area contributed by atoms with Crippen LogP contribution < -0.4 is 10.6 Å². The first-order valence-electron chi connectivity index (χ1n) is 9.65. The summed E-state index contributed by atoms with van der Waals surface area (Å²) in [5, 5.41) is 10.4. The molecule has 3 rings (SSSR count). The van der Waals surface area contributed by atoms with Gasteiger partial charge in [0.25, 0.3) is 0 Å². The van der Waals surface area contributed by atoms with Gasteiger partial charge in [-0.3, -0.25) is 4.99 Å². The minimum atomic E-state index is -4.37. The molecule has 2 aromatic carbocycles. The fourth-order valence-corrected chi connectivity index (χ4v) is 2.83. The number of aromatic nitrogens is 2. The molecule has 2 N–H and O–H groups in total. The molecule has 5 nitrogen and oxygen atoms in total. The van der Waals surface area contributed by atoms with Crippen molar-refractivity contribution in [3.63, 3.8) is 0 Å². The SMILES string of the molecule is CN=C(NCC#Cc1cccc(C(F)(F)F)c1)NCCc1ccc(-n2cccn2)cc1. The highest BCUT2D eigenvalue weighted by Gasteiger charge is 2.30. The molecular weight excluding hydrogens is 403 g/mol. The number of nitrogens with one attached hydrogen (secondary N) is 2. The maximum atomic E-state index is 12.7. The normalized spacial score (nSPS) is 11.5. The zero-order chi connectivity index (χ0) is 22.1. The van der Waals surface area contributed by atoms with Crippen molar-refractivity contribution in [1.29, 1.82) is 0 Å². The van der Waals surface area contributed by atoms with Crippen LogP contribution in [0.2, 0.25) is 0 Å². The number of hydrogen-bond donors (Lipinski definition) is 2. The maximum absolute atomic E-state index is 12.7. The molecule has 0 atom stereocenters. The van der Waals surface area contributed by atoms with Crippen LogP contribution in [0.5, 0.6) is 0 Å². The van der Waals surface area contributed by atoms with Crippen molar-refractivity contribution in [2.75, 3.05) is 20.1 Å². The Hall–Kier alpha value is -3.73. The third kappa shape index (κ3) is 6.64. The maximum Gasteiger partial charge on any atom is 0.416 e. The van der Waals surface area contributed by atoms with Crippen LogP contribution in [0.1, 0.15) is 16.7 Å². The first-order chi connectivity index (χ1) is 15.0. The second-order valence-corrected chi connectivity index (χ2v) is 6.60. The minimum absolute atomic E-state index is 0.258. The summed E-state index contributed by atoms with van der Waals surface area (Å²) in [5.41, 5.74) is 1.78. The molecule has 0 saturated heterocycles. The Morgan fingerprint density at radius 1 is 1.10 bits per heavy atom. The van der Waals surface area contributed by atoms with Gasteiger partial charge in [-0.15, -0.1) is 0 Å². The van der Waals surface area contributed by atoms with Gasteiger partial charge in [0.15, 0.2) is 5.96 Å². The van der Waals surface area contributed by atoms with Crippen molar-refractivity contribution in [3.8, 4) is 17.5 Å². The number of hydrogen-bond acceptors (Lipinski definition) is 2. The summed E-state index contributed by atoms with van der Waals surface area (Å²) >= 11 is 0. The third-order valence-electron chi connectivity index (χ3n) is 4.40. The summed E-state index contributed by atoms with van der Waals surface area (Å²) in [6.07, 6.45) is 0.0555. The Bertz CT molecular complexity index is 1060. The number of aliphatic imine (C=N–C) groups is 1. The van der Waals surface area contributed by atoms with Gasteiger partial charge in [-0.25, -0.2) is 4.68 Å². The number of guanidine groups is 1. The van der Waals surface area contributed by atoms with E-state index in [1.165, 1.54) is 11.6 Å². The molecular formula is C23H22F3N5. The van der Waals surface area contributed by atoms with E-state index in [9.17, 15) is 13.2 Å². The van der Waals surface area contributed by atoms with Crippen LogP contribution in [0.4, 0.5) is 13.2 Å². The molecule has 8 heteroatoms. The highest BCUT2D eigenvalue weighted by atomic mass is 19.4. The molecule has 0 unspecified atom stereocenters. The Kier molecular flexibility index (Phi) is 7.33. The van der Waals surface area contributed by atoms with E-state index in [-0.39, 0.29) is 6.54 Å². The fourth-order valence-electron chi connectivity index (χ4n) is 2.83. The van der Waals surface area contributed by atoms with E-state index >= 15 is 0 Å². The van der Waals surface area contributed by atoms with Crippen molar-refractivity contribution in [1.82, 2.24) is 20.4 Å². The van der Waals surface area contributed by atoms with Gasteiger partial charge in [-0.05, 0) is 48.4 Å². The van der Waals surface area contributed by atoms with Gasteiger partial charge >= 0.3 is 6.18 Å². The number of halogens is 3. The lowest BCUT2D eigenvalue weighted by Gasteiger charge is -2.10. The summed E-state index contributed by atoms with van der Waals surface area (Å²) in [6.45, 7) is 0.927. The standard InChI is InChI=1S/C23H22F3N5/c1-27-22(28-13-3-6-19-5-2-7-20(17-19)23(24,25)26)29-15-12-18-8-10-21(11-9-18)31-16-4-14-30-31/h2,4-5,7-11,14,16-17H,12-13,15H2,1H3,(H2,27,28,29). The van der Waals surface area contributed by atoms with Crippen LogP contribution in [-0.2, 0) is 12.6 Å². The summed E-state index contributed by atoms with van der Waals surface area (Å²) in [7, 11) is 1.65. The lowest BCUT2D eigenvalue weighted by molar-refractivity contribution is -0.137. The van der Waals surface area contributed by atoms with Gasteiger partial charge < -0.3 is 10.6 Å². The van der Waals surface area contributed by atoms with Crippen LogP contribution in [0.25, 0.3) is 5.69 Å². The van der Waals surface area contributed by atoms with Crippen molar-refractivity contribution in [2.24, 2.45) is 4.99 Å².